The summed E-state index contributed by atoms with van der Waals surface area (Å²) < 4.78 is 0. The standard InChI is InChI=1S/C13H21N3O2/c1-10(17)16-9-12(13(18)15-8-7-14)11-5-3-2-4-6-11/h11-12H,2-6,8-9H2,1H3,(H,15,18)(H,16,17). The lowest BCUT2D eigenvalue weighted by atomic mass is 9.79. The highest BCUT2D eigenvalue weighted by atomic mass is 16.2. The van der Waals surface area contributed by atoms with E-state index in [4.69, 9.17) is 5.26 Å². The molecule has 0 aromatic carbocycles. The second kappa shape index (κ2) is 7.70. The van der Waals surface area contributed by atoms with E-state index in [0.717, 1.165) is 25.7 Å². The molecule has 100 valence electrons. The van der Waals surface area contributed by atoms with Crippen molar-refractivity contribution in [3.8, 4) is 6.07 Å². The third-order valence-electron chi connectivity index (χ3n) is 3.47. The van der Waals surface area contributed by atoms with E-state index >= 15 is 0 Å². The number of carbonyl (C=O) groups is 2. The van der Waals surface area contributed by atoms with Crippen molar-refractivity contribution in [2.75, 3.05) is 13.1 Å². The maximum atomic E-state index is 12.0. The van der Waals surface area contributed by atoms with Crippen LogP contribution in [0, 0.1) is 23.2 Å². The largest absolute Gasteiger partial charge is 0.356 e. The van der Waals surface area contributed by atoms with E-state index in [1.54, 1.807) is 0 Å². The second-order valence-corrected chi connectivity index (χ2v) is 4.82. The number of rotatable bonds is 5. The lowest BCUT2D eigenvalue weighted by Gasteiger charge is -2.29. The first-order valence-electron chi connectivity index (χ1n) is 6.54. The normalized spacial score (nSPS) is 17.6. The van der Waals surface area contributed by atoms with Gasteiger partial charge in [-0.05, 0) is 18.8 Å². The zero-order chi connectivity index (χ0) is 13.4. The van der Waals surface area contributed by atoms with Gasteiger partial charge in [-0.1, -0.05) is 19.3 Å². The molecular formula is C13H21N3O2. The maximum Gasteiger partial charge on any atom is 0.225 e. The van der Waals surface area contributed by atoms with Gasteiger partial charge in [-0.25, -0.2) is 0 Å². The minimum absolute atomic E-state index is 0.0299. The molecule has 1 fully saturated rings. The molecule has 0 aromatic rings. The van der Waals surface area contributed by atoms with E-state index < -0.39 is 0 Å². The van der Waals surface area contributed by atoms with Gasteiger partial charge < -0.3 is 10.6 Å². The van der Waals surface area contributed by atoms with Crippen LogP contribution in [-0.2, 0) is 9.59 Å². The van der Waals surface area contributed by atoms with Gasteiger partial charge in [0, 0.05) is 13.5 Å². The van der Waals surface area contributed by atoms with Crippen LogP contribution in [0.2, 0.25) is 0 Å². The maximum absolute atomic E-state index is 12.0. The fourth-order valence-corrected chi connectivity index (χ4v) is 2.52. The Kier molecular flexibility index (Phi) is 6.20. The van der Waals surface area contributed by atoms with Crippen LogP contribution in [0.5, 0.6) is 0 Å². The smallest absolute Gasteiger partial charge is 0.225 e. The Morgan fingerprint density at radius 2 is 1.94 bits per heavy atom. The van der Waals surface area contributed by atoms with Crippen LogP contribution >= 0.6 is 0 Å². The van der Waals surface area contributed by atoms with Crippen LogP contribution < -0.4 is 10.6 Å². The Hall–Kier alpha value is -1.57. The van der Waals surface area contributed by atoms with Crippen LogP contribution in [0.25, 0.3) is 0 Å². The minimum Gasteiger partial charge on any atom is -0.356 e. The first-order valence-corrected chi connectivity index (χ1v) is 6.54. The SMILES string of the molecule is CC(=O)NCC(C(=O)NCC#N)C1CCCCC1. The van der Waals surface area contributed by atoms with Crippen molar-refractivity contribution in [3.05, 3.63) is 0 Å². The molecule has 5 heteroatoms. The van der Waals surface area contributed by atoms with Crippen LogP contribution in [0.15, 0.2) is 0 Å². The van der Waals surface area contributed by atoms with Gasteiger partial charge >= 0.3 is 0 Å². The van der Waals surface area contributed by atoms with Crippen LogP contribution in [0.1, 0.15) is 39.0 Å². The van der Waals surface area contributed by atoms with Crippen molar-refractivity contribution < 1.29 is 9.59 Å². The molecule has 0 heterocycles. The van der Waals surface area contributed by atoms with Gasteiger partial charge in [-0.2, -0.15) is 5.26 Å². The van der Waals surface area contributed by atoms with Gasteiger partial charge in [-0.15, -0.1) is 0 Å². The number of hydrogen-bond donors (Lipinski definition) is 2. The third kappa shape index (κ3) is 4.74. The Morgan fingerprint density at radius 3 is 2.50 bits per heavy atom. The number of hydrogen-bond acceptors (Lipinski definition) is 3. The highest BCUT2D eigenvalue weighted by Gasteiger charge is 2.29. The van der Waals surface area contributed by atoms with Gasteiger partial charge in [0.25, 0.3) is 0 Å². The molecule has 0 bridgehead atoms. The molecule has 0 spiro atoms. The predicted molar refractivity (Wildman–Crippen MR) is 67.4 cm³/mol. The molecule has 1 atom stereocenters. The number of amides is 2. The second-order valence-electron chi connectivity index (χ2n) is 4.82. The van der Waals surface area contributed by atoms with Gasteiger partial charge in [0.05, 0.1) is 12.0 Å². The molecule has 1 aliphatic rings. The summed E-state index contributed by atoms with van der Waals surface area (Å²) in [5, 5.41) is 13.8. The summed E-state index contributed by atoms with van der Waals surface area (Å²) in [6, 6.07) is 1.90. The monoisotopic (exact) mass is 251 g/mol. The predicted octanol–water partition coefficient (Wildman–Crippen LogP) is 0.959. The quantitative estimate of drug-likeness (QED) is 0.714. The van der Waals surface area contributed by atoms with Gasteiger partial charge in [0.1, 0.15) is 6.54 Å². The average Bonchev–Trinajstić information content (AvgIpc) is 2.37. The van der Waals surface area contributed by atoms with Gasteiger partial charge in [0.15, 0.2) is 0 Å². The summed E-state index contributed by atoms with van der Waals surface area (Å²) in [6.07, 6.45) is 5.58. The van der Waals surface area contributed by atoms with E-state index in [2.05, 4.69) is 10.6 Å². The Labute approximate surface area is 108 Å². The topological polar surface area (TPSA) is 82.0 Å². The molecule has 2 amide bonds. The van der Waals surface area contributed by atoms with Crippen LogP contribution in [0.3, 0.4) is 0 Å². The van der Waals surface area contributed by atoms with Gasteiger partial charge in [-0.3, -0.25) is 9.59 Å². The van der Waals surface area contributed by atoms with Crippen molar-refractivity contribution >= 4 is 11.8 Å². The molecule has 1 unspecified atom stereocenters. The number of carbonyl (C=O) groups excluding carboxylic acids is 2. The molecule has 0 saturated heterocycles. The van der Waals surface area contributed by atoms with Crippen molar-refractivity contribution in [1.82, 2.24) is 10.6 Å². The summed E-state index contributed by atoms with van der Waals surface area (Å²) >= 11 is 0. The van der Waals surface area contributed by atoms with E-state index in [9.17, 15) is 9.59 Å². The van der Waals surface area contributed by atoms with Crippen molar-refractivity contribution in [1.29, 1.82) is 5.26 Å². The molecule has 18 heavy (non-hydrogen) atoms. The van der Waals surface area contributed by atoms with E-state index in [-0.39, 0.29) is 24.3 Å². The Morgan fingerprint density at radius 1 is 1.28 bits per heavy atom. The zero-order valence-electron chi connectivity index (χ0n) is 10.9. The summed E-state index contributed by atoms with van der Waals surface area (Å²) in [4.78, 5) is 23.0. The lowest BCUT2D eigenvalue weighted by Crippen LogP contribution is -2.42. The lowest BCUT2D eigenvalue weighted by molar-refractivity contribution is -0.127. The molecule has 2 N–H and O–H groups in total. The highest BCUT2D eigenvalue weighted by Crippen LogP contribution is 2.29. The molecule has 5 nitrogen and oxygen atoms in total. The number of nitrogens with one attached hydrogen (secondary N) is 2. The Balaban J connectivity index is 2.57. The molecule has 0 aliphatic heterocycles. The Bertz CT molecular complexity index is 330. The van der Waals surface area contributed by atoms with Gasteiger partial charge in [0.2, 0.25) is 11.8 Å². The van der Waals surface area contributed by atoms with Crippen molar-refractivity contribution in [2.24, 2.45) is 11.8 Å². The van der Waals surface area contributed by atoms with Crippen molar-refractivity contribution in [3.63, 3.8) is 0 Å². The highest BCUT2D eigenvalue weighted by molar-refractivity contribution is 5.80. The first-order chi connectivity index (χ1) is 8.65. The molecule has 0 radical (unpaired) electrons. The molecular weight excluding hydrogens is 230 g/mol. The molecule has 1 saturated carbocycles. The molecule has 1 aliphatic carbocycles. The van der Waals surface area contributed by atoms with E-state index in [1.165, 1.54) is 13.3 Å². The summed E-state index contributed by atoms with van der Waals surface area (Å²) in [7, 11) is 0. The first kappa shape index (κ1) is 14.5. The number of nitriles is 1. The summed E-state index contributed by atoms with van der Waals surface area (Å²) in [6.45, 7) is 1.85. The zero-order valence-corrected chi connectivity index (χ0v) is 10.9. The number of nitrogens with zero attached hydrogens (tertiary/aromatic N) is 1. The summed E-state index contributed by atoms with van der Waals surface area (Å²) in [5.41, 5.74) is 0. The summed E-state index contributed by atoms with van der Waals surface area (Å²) in [5.74, 6) is -0.118. The van der Waals surface area contributed by atoms with E-state index in [1.807, 2.05) is 6.07 Å². The van der Waals surface area contributed by atoms with Crippen molar-refractivity contribution in [2.45, 2.75) is 39.0 Å². The minimum atomic E-state index is -0.206. The molecule has 1 rings (SSSR count). The van der Waals surface area contributed by atoms with Crippen LogP contribution in [0.4, 0.5) is 0 Å². The fraction of sp³-hybridized carbons (Fsp3) is 0.769. The molecule has 0 aromatic heterocycles. The average molecular weight is 251 g/mol. The fourth-order valence-electron chi connectivity index (χ4n) is 2.52. The van der Waals surface area contributed by atoms with E-state index in [0.29, 0.717) is 12.5 Å². The third-order valence-corrected chi connectivity index (χ3v) is 3.47. The van der Waals surface area contributed by atoms with Crippen LogP contribution in [-0.4, -0.2) is 24.9 Å².